The van der Waals surface area contributed by atoms with E-state index in [2.05, 4.69) is 10.2 Å². The largest absolute Gasteiger partial charge is 0.477 e. The van der Waals surface area contributed by atoms with Crippen LogP contribution >= 0.6 is 0 Å². The average molecular weight is 350 g/mol. The van der Waals surface area contributed by atoms with Gasteiger partial charge in [0.2, 0.25) is 5.91 Å². The van der Waals surface area contributed by atoms with Gasteiger partial charge in [-0.3, -0.25) is 9.69 Å². The molecule has 4 aliphatic heterocycles. The zero-order chi connectivity index (χ0) is 17.7. The number of piperidine rings is 1. The first kappa shape index (κ1) is 16.3. The van der Waals surface area contributed by atoms with Crippen molar-refractivity contribution in [3.63, 3.8) is 0 Å². The molecule has 2 N–H and O–H groups in total. The number of hydrogen-bond donors (Lipinski definition) is 2. The van der Waals surface area contributed by atoms with Crippen LogP contribution in [0.3, 0.4) is 0 Å². The zero-order valence-corrected chi connectivity index (χ0v) is 14.1. The quantitative estimate of drug-likeness (QED) is 0.624. The van der Waals surface area contributed by atoms with E-state index in [4.69, 9.17) is 4.74 Å². The molecule has 136 valence electrons. The van der Waals surface area contributed by atoms with Crippen LogP contribution in [0.1, 0.15) is 6.42 Å². The molecule has 0 bridgehead atoms. The van der Waals surface area contributed by atoms with Crippen LogP contribution in [0.25, 0.3) is 0 Å². The Morgan fingerprint density at radius 3 is 2.68 bits per heavy atom. The van der Waals surface area contributed by atoms with Crippen molar-refractivity contribution >= 4 is 18.0 Å². The van der Waals surface area contributed by atoms with Gasteiger partial charge in [-0.1, -0.05) is 0 Å². The van der Waals surface area contributed by atoms with Crippen molar-refractivity contribution in [2.75, 3.05) is 46.4 Å². The average Bonchev–Trinajstić information content (AvgIpc) is 2.93. The summed E-state index contributed by atoms with van der Waals surface area (Å²) in [5.41, 5.74) is 0.573. The third kappa shape index (κ3) is 2.49. The number of ether oxygens (including phenoxy) is 1. The van der Waals surface area contributed by atoms with E-state index >= 15 is 0 Å². The second-order valence-corrected chi connectivity index (χ2v) is 7.05. The van der Waals surface area contributed by atoms with Crippen molar-refractivity contribution in [1.29, 1.82) is 0 Å². The summed E-state index contributed by atoms with van der Waals surface area (Å²) in [4.78, 5) is 41.3. The number of aliphatic carboxylic acids is 1. The van der Waals surface area contributed by atoms with Gasteiger partial charge >= 0.3 is 12.1 Å². The number of nitrogens with zero attached hydrogens (tertiary/aromatic N) is 3. The number of β-lactam (4-membered cyclic amide) rings is 1. The van der Waals surface area contributed by atoms with Gasteiger partial charge in [0.25, 0.3) is 0 Å². The second-order valence-electron chi connectivity index (χ2n) is 7.05. The maximum absolute atomic E-state index is 12.3. The number of rotatable bonds is 3. The van der Waals surface area contributed by atoms with Crippen molar-refractivity contribution in [2.45, 2.75) is 18.5 Å². The first-order valence-corrected chi connectivity index (χ1v) is 8.62. The number of carbonyl (C=O) groups excluding carboxylic acids is 2. The summed E-state index contributed by atoms with van der Waals surface area (Å²) >= 11 is 0. The number of carboxylic acid groups (broad SMARTS) is 1. The summed E-state index contributed by atoms with van der Waals surface area (Å²) in [5, 5.41) is 12.7. The molecule has 4 rings (SSSR count). The molecule has 0 aliphatic carbocycles. The Balaban J connectivity index is 1.48. The van der Waals surface area contributed by atoms with E-state index < -0.39 is 12.1 Å². The van der Waals surface area contributed by atoms with E-state index in [-0.39, 0.29) is 36.2 Å². The molecule has 9 heteroatoms. The molecule has 0 aromatic rings. The Bertz CT molecular complexity index is 655. The van der Waals surface area contributed by atoms with E-state index in [1.54, 1.807) is 4.90 Å². The van der Waals surface area contributed by atoms with E-state index in [1.807, 2.05) is 7.05 Å². The molecule has 0 radical (unpaired) electrons. The molecule has 0 saturated carbocycles. The summed E-state index contributed by atoms with van der Waals surface area (Å²) in [6, 6.07) is -0.455. The fourth-order valence-electron chi connectivity index (χ4n) is 4.30. The minimum absolute atomic E-state index is 0.00567. The molecule has 1 unspecified atom stereocenters. The lowest BCUT2D eigenvalue weighted by molar-refractivity contribution is -0.154. The highest BCUT2D eigenvalue weighted by molar-refractivity contribution is 6.01. The third-order valence-corrected chi connectivity index (χ3v) is 5.68. The molecule has 4 heterocycles. The standard InChI is InChI=1S/C16H22N4O5/c1-18-4-6-19(7-5-18)16(24)25-8-10-9-2-3-17-11-12(9)20(14(11)21)13(10)15(22)23/h9,11-12,17H,2-8H2,1H3,(H,22,23)/t9?,11-,12+/m0/s1. The molecule has 3 saturated heterocycles. The molecule has 0 aromatic heterocycles. The summed E-state index contributed by atoms with van der Waals surface area (Å²) in [5.74, 6) is -1.38. The molecular weight excluding hydrogens is 328 g/mol. The summed E-state index contributed by atoms with van der Waals surface area (Å²) in [7, 11) is 2.00. The van der Waals surface area contributed by atoms with Crippen LogP contribution in [0.5, 0.6) is 0 Å². The van der Waals surface area contributed by atoms with E-state index in [1.165, 1.54) is 4.90 Å². The minimum atomic E-state index is -1.13. The van der Waals surface area contributed by atoms with Gasteiger partial charge in [-0.2, -0.15) is 0 Å². The predicted molar refractivity (Wildman–Crippen MR) is 85.6 cm³/mol. The lowest BCUT2D eigenvalue weighted by Gasteiger charge is -2.48. The SMILES string of the molecule is CN1CCN(C(=O)OCC2=C(C(=O)O)N3C(=O)[C@H]4NCCC2[C@H]43)CC1. The van der Waals surface area contributed by atoms with Crippen LogP contribution < -0.4 is 5.32 Å². The molecule has 25 heavy (non-hydrogen) atoms. The molecule has 0 spiro atoms. The maximum Gasteiger partial charge on any atom is 0.410 e. The van der Waals surface area contributed by atoms with E-state index in [0.717, 1.165) is 19.5 Å². The van der Waals surface area contributed by atoms with Crippen molar-refractivity contribution in [3.8, 4) is 0 Å². The Labute approximate surface area is 145 Å². The van der Waals surface area contributed by atoms with Gasteiger partial charge in [-0.05, 0) is 20.0 Å². The van der Waals surface area contributed by atoms with E-state index in [9.17, 15) is 19.5 Å². The maximum atomic E-state index is 12.3. The number of piperazine rings is 1. The van der Waals surface area contributed by atoms with Crippen LogP contribution in [0.2, 0.25) is 0 Å². The number of amides is 2. The summed E-state index contributed by atoms with van der Waals surface area (Å²) in [6.45, 7) is 3.38. The number of hydrogen-bond acceptors (Lipinski definition) is 6. The number of likely N-dealkylation sites (N-methyl/N-ethyl adjacent to an activating group) is 1. The molecule has 9 nitrogen and oxygen atoms in total. The molecule has 3 fully saturated rings. The number of carboxylic acids is 1. The topological polar surface area (TPSA) is 102 Å². The number of carbonyl (C=O) groups is 3. The van der Waals surface area contributed by atoms with Gasteiger partial charge < -0.3 is 25.0 Å². The highest BCUT2D eigenvalue weighted by Crippen LogP contribution is 2.46. The molecule has 3 atom stereocenters. The molecule has 2 amide bonds. The summed E-state index contributed by atoms with van der Waals surface area (Å²) in [6.07, 6.45) is 0.319. The fraction of sp³-hybridized carbons (Fsp3) is 0.688. The smallest absolute Gasteiger partial charge is 0.410 e. The molecular formula is C16H22N4O5. The van der Waals surface area contributed by atoms with Crippen molar-refractivity contribution in [2.24, 2.45) is 5.92 Å². The predicted octanol–water partition coefficient (Wildman–Crippen LogP) is -1.09. The second kappa shape index (κ2) is 5.99. The lowest BCUT2D eigenvalue weighted by Crippen LogP contribution is -2.72. The first-order valence-electron chi connectivity index (χ1n) is 8.62. The van der Waals surface area contributed by atoms with Gasteiger partial charge in [0.15, 0.2) is 0 Å². The highest BCUT2D eigenvalue weighted by Gasteiger charge is 2.61. The van der Waals surface area contributed by atoms with E-state index in [0.29, 0.717) is 25.2 Å². The van der Waals surface area contributed by atoms with Gasteiger partial charge in [0.05, 0.1) is 6.04 Å². The summed E-state index contributed by atoms with van der Waals surface area (Å²) < 4.78 is 5.42. The fourth-order valence-corrected chi connectivity index (χ4v) is 4.30. The molecule has 0 aromatic carbocycles. The Hall–Kier alpha value is -2.13. The first-order chi connectivity index (χ1) is 12.0. The Morgan fingerprint density at radius 1 is 1.28 bits per heavy atom. The molecule has 4 aliphatic rings. The zero-order valence-electron chi connectivity index (χ0n) is 14.1. The van der Waals surface area contributed by atoms with Crippen LogP contribution in [0.4, 0.5) is 4.79 Å². The Kier molecular flexibility index (Phi) is 3.92. The van der Waals surface area contributed by atoms with Crippen LogP contribution in [-0.2, 0) is 14.3 Å². The van der Waals surface area contributed by atoms with Gasteiger partial charge in [0.1, 0.15) is 18.3 Å². The van der Waals surface area contributed by atoms with Gasteiger partial charge in [-0.25, -0.2) is 9.59 Å². The van der Waals surface area contributed by atoms with Crippen LogP contribution in [0.15, 0.2) is 11.3 Å². The van der Waals surface area contributed by atoms with Crippen molar-refractivity contribution < 1.29 is 24.2 Å². The third-order valence-electron chi connectivity index (χ3n) is 5.68. The van der Waals surface area contributed by atoms with Gasteiger partial charge in [-0.15, -0.1) is 0 Å². The van der Waals surface area contributed by atoms with Crippen LogP contribution in [0, 0.1) is 5.92 Å². The number of nitrogens with one attached hydrogen (secondary N) is 1. The van der Waals surface area contributed by atoms with Gasteiger partial charge in [0, 0.05) is 37.7 Å². The highest BCUT2D eigenvalue weighted by atomic mass is 16.6. The van der Waals surface area contributed by atoms with Crippen LogP contribution in [-0.4, -0.2) is 96.2 Å². The monoisotopic (exact) mass is 350 g/mol. The Morgan fingerprint density at radius 2 is 2.00 bits per heavy atom. The van der Waals surface area contributed by atoms with Crippen molar-refractivity contribution in [3.05, 3.63) is 11.3 Å². The van der Waals surface area contributed by atoms with Crippen molar-refractivity contribution in [1.82, 2.24) is 20.0 Å². The minimum Gasteiger partial charge on any atom is -0.477 e. The lowest BCUT2D eigenvalue weighted by atomic mass is 9.79. The normalized spacial score (nSPS) is 31.7.